The molecule has 1 aliphatic rings. The van der Waals surface area contributed by atoms with Crippen molar-refractivity contribution in [2.45, 2.75) is 17.7 Å². The number of ketones is 1. The van der Waals surface area contributed by atoms with E-state index in [0.29, 0.717) is 29.3 Å². The number of benzene rings is 1. The third kappa shape index (κ3) is 6.13. The minimum absolute atomic E-state index is 0.0172. The number of rotatable bonds is 8. The number of aliphatic imine (C=N–C) groups is 1. The summed E-state index contributed by atoms with van der Waals surface area (Å²) in [5.41, 5.74) is 2.40. The molecule has 2 heterocycles. The molecule has 0 saturated carbocycles. The predicted molar refractivity (Wildman–Crippen MR) is 120 cm³/mol. The summed E-state index contributed by atoms with van der Waals surface area (Å²) in [5, 5.41) is 3.11. The lowest BCUT2D eigenvalue weighted by atomic mass is 9.98. The van der Waals surface area contributed by atoms with Gasteiger partial charge in [-0.15, -0.1) is 0 Å². The molecule has 2 N–H and O–H groups in total. The van der Waals surface area contributed by atoms with Crippen LogP contribution in [-0.4, -0.2) is 36.5 Å². The Bertz CT molecular complexity index is 965. The van der Waals surface area contributed by atoms with Crippen LogP contribution in [0.25, 0.3) is 0 Å². The van der Waals surface area contributed by atoms with Crippen molar-refractivity contribution in [3.8, 4) is 0 Å². The van der Waals surface area contributed by atoms with Crippen LogP contribution in [0.4, 0.5) is 5.69 Å². The van der Waals surface area contributed by atoms with Crippen LogP contribution in [0.1, 0.15) is 29.1 Å². The highest BCUT2D eigenvalue weighted by molar-refractivity contribution is 7.98. The number of aldehydes is 1. The van der Waals surface area contributed by atoms with Gasteiger partial charge in [0.2, 0.25) is 5.89 Å². The lowest BCUT2D eigenvalue weighted by Crippen LogP contribution is -2.19. The molecule has 1 unspecified atom stereocenters. The van der Waals surface area contributed by atoms with E-state index in [1.165, 1.54) is 18.9 Å². The van der Waals surface area contributed by atoms with Gasteiger partial charge < -0.3 is 14.5 Å². The van der Waals surface area contributed by atoms with Gasteiger partial charge in [-0.3, -0.25) is 9.59 Å². The van der Waals surface area contributed by atoms with Crippen LogP contribution in [0.2, 0.25) is 0 Å². The van der Waals surface area contributed by atoms with Crippen LogP contribution in [0, 0.1) is 0 Å². The van der Waals surface area contributed by atoms with E-state index in [1.807, 2.05) is 13.1 Å². The summed E-state index contributed by atoms with van der Waals surface area (Å²) in [5.74, 6) is 1.09. The number of likely N-dealkylation sites (N-methyl/N-ethyl adjacent to an activating group) is 1. The molecular formula is C22H24N4O3S. The fraction of sp³-hybridized carbons (Fsp3) is 0.182. The van der Waals surface area contributed by atoms with Gasteiger partial charge in [0.15, 0.2) is 17.9 Å². The minimum atomic E-state index is 0.0172. The molecule has 0 spiro atoms. The smallest absolute Gasteiger partial charge is 0.202 e. The topological polar surface area (TPSA) is 96.6 Å². The zero-order valence-electron chi connectivity index (χ0n) is 16.9. The summed E-state index contributed by atoms with van der Waals surface area (Å²) < 4.78 is 8.08. The van der Waals surface area contributed by atoms with Gasteiger partial charge >= 0.3 is 0 Å². The number of carbonyl (C=O) groups is 2. The Morgan fingerprint density at radius 2 is 2.20 bits per heavy atom. The molecule has 0 aliphatic carbocycles. The lowest BCUT2D eigenvalue weighted by molar-refractivity contribution is -0.102. The lowest BCUT2D eigenvalue weighted by Gasteiger charge is -2.13. The van der Waals surface area contributed by atoms with E-state index in [9.17, 15) is 9.59 Å². The summed E-state index contributed by atoms with van der Waals surface area (Å²) in [6.07, 6.45) is 9.34. The number of allylic oxidation sites excluding steroid dienone is 3. The molecule has 1 atom stereocenters. The molecule has 0 saturated heterocycles. The third-order valence-corrected chi connectivity index (χ3v) is 4.95. The second kappa shape index (κ2) is 11.7. The fourth-order valence-corrected chi connectivity index (χ4v) is 3.35. The van der Waals surface area contributed by atoms with E-state index in [1.54, 1.807) is 42.8 Å². The summed E-state index contributed by atoms with van der Waals surface area (Å²) in [6.45, 7) is 9.73. The van der Waals surface area contributed by atoms with Crippen molar-refractivity contribution in [1.82, 2.24) is 15.0 Å². The highest BCUT2D eigenvalue weighted by Gasteiger charge is 2.17. The molecule has 0 radical (unpaired) electrons. The van der Waals surface area contributed by atoms with Crippen LogP contribution in [0.15, 0.2) is 81.9 Å². The SMILES string of the molecule is C=C/C=C(\C=C)C(CNC)c1ncco1.CC(=O)c1ccc2c(c1)SNC(C=O)=N2. The van der Waals surface area contributed by atoms with Crippen molar-refractivity contribution < 1.29 is 14.0 Å². The van der Waals surface area contributed by atoms with Gasteiger partial charge in [-0.2, -0.15) is 0 Å². The molecule has 30 heavy (non-hydrogen) atoms. The maximum atomic E-state index is 11.1. The van der Waals surface area contributed by atoms with E-state index in [2.05, 4.69) is 33.2 Å². The number of amidine groups is 1. The predicted octanol–water partition coefficient (Wildman–Crippen LogP) is 4.00. The standard InChI is InChI=1S/C12H16N2O.C10H8N2O2S/c1-4-6-10(5-2)11(9-13-3)12-14-7-8-15-12;1-6(14)7-2-3-8-9(4-7)15-12-10(5-13)11-8/h4-8,11,13H,1-2,9H2,3H3;2-5H,1H3,(H,11,12)/b10-6+;. The average Bonchev–Trinajstić information content (AvgIpc) is 3.30. The first-order chi connectivity index (χ1) is 14.5. The molecule has 1 aromatic heterocycles. The number of hydrogen-bond donors (Lipinski definition) is 2. The fourth-order valence-electron chi connectivity index (χ4n) is 2.64. The number of fused-ring (bicyclic) bond motifs is 1. The van der Waals surface area contributed by atoms with Crippen molar-refractivity contribution in [1.29, 1.82) is 0 Å². The van der Waals surface area contributed by atoms with Gasteiger partial charge in [0.1, 0.15) is 6.26 Å². The van der Waals surface area contributed by atoms with Gasteiger partial charge in [0.05, 0.1) is 22.7 Å². The summed E-state index contributed by atoms with van der Waals surface area (Å²) in [6, 6.07) is 5.21. The van der Waals surface area contributed by atoms with Gasteiger partial charge in [-0.05, 0) is 49.7 Å². The Morgan fingerprint density at radius 1 is 1.40 bits per heavy atom. The second-order valence-corrected chi connectivity index (χ2v) is 6.99. The number of carbonyl (C=O) groups excluding carboxylic acids is 2. The Labute approximate surface area is 180 Å². The number of aromatic nitrogens is 1. The van der Waals surface area contributed by atoms with Gasteiger partial charge in [0.25, 0.3) is 0 Å². The summed E-state index contributed by atoms with van der Waals surface area (Å²) in [7, 11) is 1.89. The molecule has 2 aromatic rings. The van der Waals surface area contributed by atoms with E-state index in [0.717, 1.165) is 17.0 Å². The van der Waals surface area contributed by atoms with Crippen LogP contribution in [0.5, 0.6) is 0 Å². The van der Waals surface area contributed by atoms with E-state index < -0.39 is 0 Å². The average molecular weight is 425 g/mol. The Morgan fingerprint density at radius 3 is 2.77 bits per heavy atom. The van der Waals surface area contributed by atoms with Crippen LogP contribution in [0.3, 0.4) is 0 Å². The van der Waals surface area contributed by atoms with Crippen LogP contribution >= 0.6 is 11.9 Å². The second-order valence-electron chi connectivity index (χ2n) is 6.14. The van der Waals surface area contributed by atoms with Gasteiger partial charge in [-0.1, -0.05) is 31.4 Å². The molecule has 1 aromatic carbocycles. The molecule has 8 heteroatoms. The first-order valence-electron chi connectivity index (χ1n) is 9.14. The monoisotopic (exact) mass is 424 g/mol. The Hall–Kier alpha value is -3.23. The van der Waals surface area contributed by atoms with Crippen molar-refractivity contribution in [3.05, 3.63) is 79.1 Å². The number of oxazole rings is 1. The van der Waals surface area contributed by atoms with E-state index in [4.69, 9.17) is 4.42 Å². The quantitative estimate of drug-likeness (QED) is 0.286. The molecule has 1 aliphatic heterocycles. The van der Waals surface area contributed by atoms with Crippen molar-refractivity contribution in [3.63, 3.8) is 0 Å². The number of nitrogens with one attached hydrogen (secondary N) is 2. The number of hydrogen-bond acceptors (Lipinski definition) is 8. The molecule has 3 rings (SSSR count). The van der Waals surface area contributed by atoms with E-state index in [-0.39, 0.29) is 11.7 Å². The zero-order chi connectivity index (χ0) is 21.9. The van der Waals surface area contributed by atoms with E-state index >= 15 is 0 Å². The maximum absolute atomic E-state index is 11.1. The highest BCUT2D eigenvalue weighted by atomic mass is 32.2. The first-order valence-corrected chi connectivity index (χ1v) is 9.96. The van der Waals surface area contributed by atoms with Gasteiger partial charge in [0, 0.05) is 12.1 Å². The van der Waals surface area contributed by atoms with Crippen molar-refractivity contribution in [2.24, 2.45) is 4.99 Å². The van der Waals surface area contributed by atoms with Crippen LogP contribution in [-0.2, 0) is 4.79 Å². The number of Topliss-reactive ketones (excluding diaryl/α,β-unsaturated/α-hetero) is 1. The third-order valence-electron chi connectivity index (χ3n) is 4.09. The minimum Gasteiger partial charge on any atom is -0.448 e. The van der Waals surface area contributed by atoms with Gasteiger partial charge in [-0.25, -0.2) is 9.98 Å². The molecule has 0 fully saturated rings. The first kappa shape index (κ1) is 23.1. The maximum Gasteiger partial charge on any atom is 0.202 e. The number of nitrogens with zero attached hydrogens (tertiary/aromatic N) is 2. The van der Waals surface area contributed by atoms with Crippen LogP contribution < -0.4 is 10.0 Å². The van der Waals surface area contributed by atoms with Crippen molar-refractivity contribution >= 4 is 35.5 Å². The molecule has 0 bridgehead atoms. The summed E-state index contributed by atoms with van der Waals surface area (Å²) in [4.78, 5) is 30.7. The molecule has 156 valence electrons. The normalized spacial score (nSPS) is 13.5. The largest absolute Gasteiger partial charge is 0.448 e. The van der Waals surface area contributed by atoms with Crippen molar-refractivity contribution in [2.75, 3.05) is 13.6 Å². The highest BCUT2D eigenvalue weighted by Crippen LogP contribution is 2.31. The zero-order valence-corrected chi connectivity index (χ0v) is 17.7. The summed E-state index contributed by atoms with van der Waals surface area (Å²) >= 11 is 1.29. The molecule has 7 nitrogen and oxygen atoms in total. The Kier molecular flexibility index (Phi) is 8.99. The molecular weight excluding hydrogens is 400 g/mol. The Balaban J connectivity index is 0.000000214. The molecule has 0 amide bonds.